The Balaban J connectivity index is 2.08. The van der Waals surface area contributed by atoms with Crippen molar-refractivity contribution in [1.29, 1.82) is 0 Å². The van der Waals surface area contributed by atoms with Gasteiger partial charge in [0.2, 0.25) is 5.91 Å². The summed E-state index contributed by atoms with van der Waals surface area (Å²) in [5.41, 5.74) is 1.22. The summed E-state index contributed by atoms with van der Waals surface area (Å²) in [6.45, 7) is 6.98. The second kappa shape index (κ2) is 7.44. The van der Waals surface area contributed by atoms with Gasteiger partial charge in [-0.3, -0.25) is 4.79 Å². The normalized spacial score (nSPS) is 17.7. The first-order valence-electron chi connectivity index (χ1n) is 7.77. The quantitative estimate of drug-likeness (QED) is 0.895. The van der Waals surface area contributed by atoms with Gasteiger partial charge in [-0.1, -0.05) is 37.3 Å². The number of carbonyl (C=O) groups excluding carboxylic acids is 1. The lowest BCUT2D eigenvalue weighted by Gasteiger charge is -2.33. The Morgan fingerprint density at radius 2 is 1.95 bits per heavy atom. The van der Waals surface area contributed by atoms with Gasteiger partial charge in [-0.25, -0.2) is 0 Å². The molecule has 0 saturated carbocycles. The topological polar surface area (TPSA) is 32.3 Å². The van der Waals surface area contributed by atoms with Gasteiger partial charge in [0.1, 0.15) is 0 Å². The van der Waals surface area contributed by atoms with Crippen molar-refractivity contribution in [2.24, 2.45) is 5.92 Å². The SMILES string of the molecule is CCC(C)N(Cc1ccccc1)C(=O)C1CCNCC1. The first-order valence-corrected chi connectivity index (χ1v) is 7.77. The number of piperidine rings is 1. The van der Waals surface area contributed by atoms with Crippen LogP contribution in [0.25, 0.3) is 0 Å². The van der Waals surface area contributed by atoms with Crippen LogP contribution >= 0.6 is 0 Å². The summed E-state index contributed by atoms with van der Waals surface area (Å²) in [5.74, 6) is 0.540. The van der Waals surface area contributed by atoms with Gasteiger partial charge in [-0.2, -0.15) is 0 Å². The Morgan fingerprint density at radius 3 is 2.55 bits per heavy atom. The van der Waals surface area contributed by atoms with Crippen molar-refractivity contribution in [2.75, 3.05) is 13.1 Å². The molecule has 1 aromatic carbocycles. The Hall–Kier alpha value is -1.35. The zero-order valence-corrected chi connectivity index (χ0v) is 12.6. The molecule has 0 aromatic heterocycles. The minimum atomic E-state index is 0.203. The summed E-state index contributed by atoms with van der Waals surface area (Å²) in [7, 11) is 0. The molecule has 1 saturated heterocycles. The lowest BCUT2D eigenvalue weighted by Crippen LogP contribution is -2.44. The zero-order valence-electron chi connectivity index (χ0n) is 12.6. The van der Waals surface area contributed by atoms with E-state index in [1.54, 1.807) is 0 Å². The highest BCUT2D eigenvalue weighted by molar-refractivity contribution is 5.79. The van der Waals surface area contributed by atoms with Crippen LogP contribution in [0.5, 0.6) is 0 Å². The Labute approximate surface area is 122 Å². The lowest BCUT2D eigenvalue weighted by molar-refractivity contribution is -0.139. The molecule has 1 aliphatic heterocycles. The fourth-order valence-corrected chi connectivity index (χ4v) is 2.75. The summed E-state index contributed by atoms with van der Waals surface area (Å²) in [4.78, 5) is 14.9. The van der Waals surface area contributed by atoms with Crippen LogP contribution in [-0.2, 0) is 11.3 Å². The van der Waals surface area contributed by atoms with E-state index in [-0.39, 0.29) is 5.92 Å². The first kappa shape index (κ1) is 15.0. The Bertz CT molecular complexity index is 412. The third-order valence-corrected chi connectivity index (χ3v) is 4.29. The summed E-state index contributed by atoms with van der Waals surface area (Å²) in [6.07, 6.45) is 2.95. The van der Waals surface area contributed by atoms with Crippen LogP contribution in [0.1, 0.15) is 38.7 Å². The van der Waals surface area contributed by atoms with Crippen LogP contribution in [-0.4, -0.2) is 29.9 Å². The molecule has 110 valence electrons. The first-order chi connectivity index (χ1) is 9.72. The molecule has 1 heterocycles. The van der Waals surface area contributed by atoms with E-state index in [0.29, 0.717) is 11.9 Å². The molecule has 0 spiro atoms. The zero-order chi connectivity index (χ0) is 14.4. The molecule has 0 bridgehead atoms. The van der Waals surface area contributed by atoms with Crippen molar-refractivity contribution in [3.05, 3.63) is 35.9 Å². The van der Waals surface area contributed by atoms with Crippen molar-refractivity contribution in [2.45, 2.75) is 45.7 Å². The summed E-state index contributed by atoms with van der Waals surface area (Å²) in [6, 6.07) is 10.6. The average Bonchev–Trinajstić information content (AvgIpc) is 2.53. The number of hydrogen-bond donors (Lipinski definition) is 1. The second-order valence-electron chi connectivity index (χ2n) is 5.73. The molecule has 0 radical (unpaired) electrons. The molecule has 3 heteroatoms. The summed E-state index contributed by atoms with van der Waals surface area (Å²) in [5, 5.41) is 3.33. The third kappa shape index (κ3) is 3.83. The Kier molecular flexibility index (Phi) is 5.60. The van der Waals surface area contributed by atoms with Crippen LogP contribution in [0.3, 0.4) is 0 Å². The van der Waals surface area contributed by atoms with Crippen molar-refractivity contribution in [1.82, 2.24) is 10.2 Å². The van der Waals surface area contributed by atoms with Gasteiger partial charge in [-0.15, -0.1) is 0 Å². The molecule has 1 aromatic rings. The van der Waals surface area contributed by atoms with E-state index in [0.717, 1.165) is 38.9 Å². The molecule has 1 atom stereocenters. The molecular weight excluding hydrogens is 248 g/mol. The fourth-order valence-electron chi connectivity index (χ4n) is 2.75. The van der Waals surface area contributed by atoms with E-state index in [4.69, 9.17) is 0 Å². The number of nitrogens with zero attached hydrogens (tertiary/aromatic N) is 1. The maximum Gasteiger partial charge on any atom is 0.226 e. The molecule has 2 rings (SSSR count). The number of hydrogen-bond acceptors (Lipinski definition) is 2. The van der Waals surface area contributed by atoms with Gasteiger partial charge in [0, 0.05) is 18.5 Å². The van der Waals surface area contributed by atoms with Crippen molar-refractivity contribution in [3.8, 4) is 0 Å². The van der Waals surface area contributed by atoms with E-state index in [1.807, 2.05) is 18.2 Å². The lowest BCUT2D eigenvalue weighted by atomic mass is 9.95. The van der Waals surface area contributed by atoms with Crippen LogP contribution in [0.4, 0.5) is 0 Å². The number of rotatable bonds is 5. The van der Waals surface area contributed by atoms with Gasteiger partial charge >= 0.3 is 0 Å². The van der Waals surface area contributed by atoms with Gasteiger partial charge in [0.15, 0.2) is 0 Å². The Morgan fingerprint density at radius 1 is 1.30 bits per heavy atom. The summed E-state index contributed by atoms with van der Waals surface area (Å²) >= 11 is 0. The van der Waals surface area contributed by atoms with Crippen molar-refractivity contribution < 1.29 is 4.79 Å². The van der Waals surface area contributed by atoms with E-state index in [2.05, 4.69) is 36.2 Å². The highest BCUT2D eigenvalue weighted by Gasteiger charge is 2.28. The molecular formula is C17H26N2O. The predicted molar refractivity (Wildman–Crippen MR) is 82.3 cm³/mol. The van der Waals surface area contributed by atoms with E-state index in [1.165, 1.54) is 5.56 Å². The maximum absolute atomic E-state index is 12.8. The highest BCUT2D eigenvalue weighted by atomic mass is 16.2. The van der Waals surface area contributed by atoms with Crippen molar-refractivity contribution >= 4 is 5.91 Å². The van der Waals surface area contributed by atoms with E-state index < -0.39 is 0 Å². The standard InChI is InChI=1S/C17H26N2O/c1-3-14(2)19(13-15-7-5-4-6-8-15)17(20)16-9-11-18-12-10-16/h4-8,14,16,18H,3,9-13H2,1-2H3. The van der Waals surface area contributed by atoms with E-state index in [9.17, 15) is 4.79 Å². The van der Waals surface area contributed by atoms with Crippen LogP contribution in [0, 0.1) is 5.92 Å². The maximum atomic E-state index is 12.8. The van der Waals surface area contributed by atoms with Crippen LogP contribution in [0.2, 0.25) is 0 Å². The van der Waals surface area contributed by atoms with Gasteiger partial charge < -0.3 is 10.2 Å². The van der Waals surface area contributed by atoms with E-state index >= 15 is 0 Å². The molecule has 0 aliphatic carbocycles. The van der Waals surface area contributed by atoms with Crippen LogP contribution in [0.15, 0.2) is 30.3 Å². The average molecular weight is 274 g/mol. The number of benzene rings is 1. The largest absolute Gasteiger partial charge is 0.335 e. The third-order valence-electron chi connectivity index (χ3n) is 4.29. The van der Waals surface area contributed by atoms with Crippen molar-refractivity contribution in [3.63, 3.8) is 0 Å². The molecule has 1 amide bonds. The predicted octanol–water partition coefficient (Wildman–Crippen LogP) is 2.81. The molecule has 3 nitrogen and oxygen atoms in total. The van der Waals surface area contributed by atoms with Gasteiger partial charge in [0.05, 0.1) is 0 Å². The molecule has 1 unspecified atom stereocenters. The number of nitrogens with one attached hydrogen (secondary N) is 1. The second-order valence-corrected chi connectivity index (χ2v) is 5.73. The number of amides is 1. The minimum absolute atomic E-state index is 0.203. The molecule has 1 N–H and O–H groups in total. The monoisotopic (exact) mass is 274 g/mol. The molecule has 20 heavy (non-hydrogen) atoms. The molecule has 1 aliphatic rings. The van der Waals surface area contributed by atoms with Gasteiger partial charge in [-0.05, 0) is 44.8 Å². The molecule has 1 fully saturated rings. The smallest absolute Gasteiger partial charge is 0.226 e. The highest BCUT2D eigenvalue weighted by Crippen LogP contribution is 2.20. The summed E-state index contributed by atoms with van der Waals surface area (Å²) < 4.78 is 0. The van der Waals surface area contributed by atoms with Crippen LogP contribution < -0.4 is 5.32 Å². The fraction of sp³-hybridized carbons (Fsp3) is 0.588. The number of carbonyl (C=O) groups is 1. The minimum Gasteiger partial charge on any atom is -0.335 e. The van der Waals surface area contributed by atoms with Gasteiger partial charge in [0.25, 0.3) is 0 Å².